The first-order valence-electron chi connectivity index (χ1n) is 3.85. The van der Waals surface area contributed by atoms with Gasteiger partial charge in [0, 0.05) is 0 Å². The summed E-state index contributed by atoms with van der Waals surface area (Å²) < 4.78 is 21.9. The average molecular weight is 178 g/mol. The van der Waals surface area contributed by atoms with Crippen molar-refractivity contribution in [2.45, 2.75) is 30.9 Å². The minimum absolute atomic E-state index is 0.240. The molecule has 4 heteroatoms. The zero-order valence-corrected chi connectivity index (χ0v) is 7.52. The molecule has 0 spiro atoms. The molecule has 1 aliphatic rings. The number of aliphatic hydroxyl groups is 1. The molecule has 3 nitrogen and oxygen atoms in total. The summed E-state index contributed by atoms with van der Waals surface area (Å²) in [6.07, 6.45) is 2.26. The average Bonchev–Trinajstić information content (AvgIpc) is 1.95. The van der Waals surface area contributed by atoms with Gasteiger partial charge in [-0.2, -0.15) is 0 Å². The van der Waals surface area contributed by atoms with E-state index < -0.39 is 14.6 Å². The summed E-state index contributed by atoms with van der Waals surface area (Å²) in [5.74, 6) is 0.240. The van der Waals surface area contributed by atoms with Gasteiger partial charge in [-0.3, -0.25) is 0 Å². The second kappa shape index (κ2) is 2.75. The lowest BCUT2D eigenvalue weighted by Gasteiger charge is -2.30. The molecule has 1 rings (SSSR count). The molecule has 0 amide bonds. The topological polar surface area (TPSA) is 54.4 Å². The third kappa shape index (κ3) is 1.42. The number of sulfone groups is 1. The maximum atomic E-state index is 11.4. The maximum Gasteiger partial charge on any atom is 0.157 e. The van der Waals surface area contributed by atoms with Gasteiger partial charge in [-0.25, -0.2) is 8.42 Å². The third-order valence-corrected chi connectivity index (χ3v) is 5.11. The van der Waals surface area contributed by atoms with E-state index in [4.69, 9.17) is 5.11 Å². The van der Waals surface area contributed by atoms with Crippen molar-refractivity contribution in [2.75, 3.05) is 12.4 Å². The Bertz CT molecular complexity index is 232. The van der Waals surface area contributed by atoms with Gasteiger partial charge in [0.2, 0.25) is 0 Å². The molecular formula is C7H14O3S. The third-order valence-electron chi connectivity index (χ3n) is 2.45. The number of hydrogen-bond acceptors (Lipinski definition) is 3. The summed E-state index contributed by atoms with van der Waals surface area (Å²) >= 11 is 0. The van der Waals surface area contributed by atoms with Gasteiger partial charge in [-0.1, -0.05) is 6.42 Å². The zero-order valence-electron chi connectivity index (χ0n) is 6.71. The molecule has 0 aliphatic carbocycles. The minimum Gasteiger partial charge on any atom is -0.395 e. The minimum atomic E-state index is -3.02. The Morgan fingerprint density at radius 3 is 2.45 bits per heavy atom. The van der Waals surface area contributed by atoms with Gasteiger partial charge in [-0.05, 0) is 19.8 Å². The van der Waals surface area contributed by atoms with Gasteiger partial charge < -0.3 is 5.11 Å². The lowest BCUT2D eigenvalue weighted by Crippen LogP contribution is -2.43. The van der Waals surface area contributed by atoms with Crippen molar-refractivity contribution in [1.29, 1.82) is 0 Å². The first-order valence-corrected chi connectivity index (χ1v) is 5.50. The van der Waals surface area contributed by atoms with E-state index in [-0.39, 0.29) is 12.4 Å². The molecule has 1 atom stereocenters. The van der Waals surface area contributed by atoms with Gasteiger partial charge in [-0.15, -0.1) is 0 Å². The highest BCUT2D eigenvalue weighted by Crippen LogP contribution is 2.29. The number of hydrogen-bond donors (Lipinski definition) is 1. The van der Waals surface area contributed by atoms with Crippen molar-refractivity contribution in [3.63, 3.8) is 0 Å². The smallest absolute Gasteiger partial charge is 0.157 e. The highest BCUT2D eigenvalue weighted by atomic mass is 32.2. The zero-order chi connectivity index (χ0) is 8.54. The molecule has 1 heterocycles. The Balaban J connectivity index is 2.93. The van der Waals surface area contributed by atoms with Crippen LogP contribution in [0, 0.1) is 0 Å². The van der Waals surface area contributed by atoms with Crippen molar-refractivity contribution >= 4 is 9.84 Å². The Hall–Kier alpha value is -0.0900. The molecule has 0 aromatic heterocycles. The summed E-state index contributed by atoms with van der Waals surface area (Å²) in [6.45, 7) is 1.39. The normalized spacial score (nSPS) is 36.9. The van der Waals surface area contributed by atoms with Crippen LogP contribution in [0.2, 0.25) is 0 Å². The van der Waals surface area contributed by atoms with E-state index in [1.54, 1.807) is 6.92 Å². The highest BCUT2D eigenvalue weighted by Gasteiger charge is 2.40. The molecule has 1 unspecified atom stereocenters. The fourth-order valence-electron chi connectivity index (χ4n) is 1.37. The second-order valence-electron chi connectivity index (χ2n) is 3.38. The summed E-state index contributed by atoms with van der Waals surface area (Å²) in [5.41, 5.74) is 0. The molecule has 0 saturated carbocycles. The van der Waals surface area contributed by atoms with Crippen molar-refractivity contribution in [3.8, 4) is 0 Å². The lowest BCUT2D eigenvalue weighted by atomic mass is 10.0. The van der Waals surface area contributed by atoms with Crippen LogP contribution in [0.5, 0.6) is 0 Å². The van der Waals surface area contributed by atoms with Crippen LogP contribution >= 0.6 is 0 Å². The van der Waals surface area contributed by atoms with Crippen molar-refractivity contribution in [3.05, 3.63) is 0 Å². The molecule has 0 aromatic carbocycles. The monoisotopic (exact) mass is 178 g/mol. The Kier molecular flexibility index (Phi) is 2.25. The number of rotatable bonds is 1. The standard InChI is InChI=1S/C7H14O3S/c1-7(6-8)4-2-3-5-11(7,9)10/h8H,2-6H2,1H3. The molecule has 1 N–H and O–H groups in total. The fraction of sp³-hybridized carbons (Fsp3) is 1.00. The van der Waals surface area contributed by atoms with Gasteiger partial charge in [0.05, 0.1) is 17.1 Å². The Morgan fingerprint density at radius 1 is 1.45 bits per heavy atom. The van der Waals surface area contributed by atoms with Crippen LogP contribution in [-0.2, 0) is 9.84 Å². The van der Waals surface area contributed by atoms with E-state index in [1.165, 1.54) is 0 Å². The van der Waals surface area contributed by atoms with Crippen LogP contribution in [0.4, 0.5) is 0 Å². The Labute approximate surface area is 67.3 Å². The predicted molar refractivity (Wildman–Crippen MR) is 43.1 cm³/mol. The van der Waals surface area contributed by atoms with E-state index in [2.05, 4.69) is 0 Å². The SMILES string of the molecule is CC1(CO)CCCCS1(=O)=O. The first kappa shape index (κ1) is 9.00. The molecule has 66 valence electrons. The molecule has 1 fully saturated rings. The quantitative estimate of drug-likeness (QED) is 0.629. The fourth-order valence-corrected chi connectivity index (χ4v) is 3.10. The van der Waals surface area contributed by atoms with Crippen LogP contribution in [0.3, 0.4) is 0 Å². The van der Waals surface area contributed by atoms with E-state index in [1.807, 2.05) is 0 Å². The molecule has 1 aliphatic heterocycles. The van der Waals surface area contributed by atoms with Crippen molar-refractivity contribution in [2.24, 2.45) is 0 Å². The second-order valence-corrected chi connectivity index (χ2v) is 6.01. The van der Waals surface area contributed by atoms with Gasteiger partial charge in [0.1, 0.15) is 0 Å². The number of aliphatic hydroxyl groups excluding tert-OH is 1. The molecular weight excluding hydrogens is 164 g/mol. The van der Waals surface area contributed by atoms with Crippen molar-refractivity contribution in [1.82, 2.24) is 0 Å². The van der Waals surface area contributed by atoms with Crippen LogP contribution in [0.15, 0.2) is 0 Å². The molecule has 0 radical (unpaired) electrons. The van der Waals surface area contributed by atoms with Crippen LogP contribution in [-0.4, -0.2) is 30.6 Å². The van der Waals surface area contributed by atoms with E-state index >= 15 is 0 Å². The lowest BCUT2D eigenvalue weighted by molar-refractivity contribution is 0.236. The summed E-state index contributed by atoms with van der Waals surface area (Å²) in [6, 6.07) is 0. The molecule has 0 bridgehead atoms. The van der Waals surface area contributed by atoms with Gasteiger partial charge in [0.25, 0.3) is 0 Å². The largest absolute Gasteiger partial charge is 0.395 e. The highest BCUT2D eigenvalue weighted by molar-refractivity contribution is 7.92. The van der Waals surface area contributed by atoms with Gasteiger partial charge in [0.15, 0.2) is 9.84 Å². The maximum absolute atomic E-state index is 11.4. The van der Waals surface area contributed by atoms with E-state index in [9.17, 15) is 8.42 Å². The predicted octanol–water partition coefficient (Wildman–Crippen LogP) is 0.336. The first-order chi connectivity index (χ1) is 5.02. The van der Waals surface area contributed by atoms with Crippen LogP contribution < -0.4 is 0 Å². The van der Waals surface area contributed by atoms with Gasteiger partial charge >= 0.3 is 0 Å². The van der Waals surface area contributed by atoms with E-state index in [0.717, 1.165) is 12.8 Å². The molecule has 1 saturated heterocycles. The Morgan fingerprint density at radius 2 is 2.09 bits per heavy atom. The molecule has 11 heavy (non-hydrogen) atoms. The van der Waals surface area contributed by atoms with Crippen molar-refractivity contribution < 1.29 is 13.5 Å². The summed E-state index contributed by atoms with van der Waals surface area (Å²) in [5, 5.41) is 8.91. The summed E-state index contributed by atoms with van der Waals surface area (Å²) in [4.78, 5) is 0. The summed E-state index contributed by atoms with van der Waals surface area (Å²) in [7, 11) is -3.02. The van der Waals surface area contributed by atoms with Crippen LogP contribution in [0.25, 0.3) is 0 Å². The molecule has 0 aromatic rings. The van der Waals surface area contributed by atoms with E-state index in [0.29, 0.717) is 6.42 Å². The van der Waals surface area contributed by atoms with Crippen LogP contribution in [0.1, 0.15) is 26.2 Å².